The number of hydrogen-bond acceptors (Lipinski definition) is 3. The predicted molar refractivity (Wildman–Crippen MR) is 48.3 cm³/mol. The maximum absolute atomic E-state index is 11.3. The molecule has 0 saturated heterocycles. The molecule has 0 heterocycles. The van der Waals surface area contributed by atoms with E-state index in [1.807, 2.05) is 0 Å². The van der Waals surface area contributed by atoms with Crippen molar-refractivity contribution in [1.29, 1.82) is 0 Å². The second kappa shape index (κ2) is 5.17. The molecule has 13 heavy (non-hydrogen) atoms. The smallest absolute Gasteiger partial charge is 0.240 e. The maximum atomic E-state index is 11.3. The van der Waals surface area contributed by atoms with E-state index < -0.39 is 11.9 Å². The van der Waals surface area contributed by atoms with Gasteiger partial charge in [0.25, 0.3) is 0 Å². The predicted octanol–water partition coefficient (Wildman–Crippen LogP) is -1.72. The molecule has 0 fully saturated rings. The number of hydrogen-bond donors (Lipinski definition) is 2. The molecule has 0 aliphatic carbocycles. The Morgan fingerprint density at radius 1 is 1.62 bits per heavy atom. The van der Waals surface area contributed by atoms with Crippen LogP contribution in [0.25, 0.3) is 0 Å². The number of terminal acetylenes is 1. The number of primary amides is 1. The van der Waals surface area contributed by atoms with Crippen molar-refractivity contribution in [2.45, 2.75) is 12.5 Å². The highest BCUT2D eigenvalue weighted by molar-refractivity contribution is 5.87. The summed E-state index contributed by atoms with van der Waals surface area (Å²) in [4.78, 5) is 23.0. The topological polar surface area (TPSA) is 89.4 Å². The van der Waals surface area contributed by atoms with Gasteiger partial charge in [0.2, 0.25) is 11.8 Å². The van der Waals surface area contributed by atoms with Gasteiger partial charge in [0.05, 0.1) is 19.0 Å². The molecular formula is C8H13N3O2. The molecule has 1 atom stereocenters. The van der Waals surface area contributed by atoms with E-state index in [1.54, 1.807) is 0 Å². The van der Waals surface area contributed by atoms with E-state index in [9.17, 15) is 9.59 Å². The van der Waals surface area contributed by atoms with Crippen molar-refractivity contribution in [3.8, 4) is 12.3 Å². The second-order valence-corrected chi connectivity index (χ2v) is 2.68. The largest absolute Gasteiger partial charge is 0.370 e. The molecule has 2 amide bonds. The number of nitrogens with two attached hydrogens (primary N) is 2. The Kier molecular flexibility index (Phi) is 4.55. The van der Waals surface area contributed by atoms with E-state index in [-0.39, 0.29) is 18.9 Å². The Balaban J connectivity index is 4.10. The van der Waals surface area contributed by atoms with Gasteiger partial charge in [-0.3, -0.25) is 9.59 Å². The first-order valence-electron chi connectivity index (χ1n) is 3.71. The summed E-state index contributed by atoms with van der Waals surface area (Å²) in [6.45, 7) is 0.172. The zero-order valence-corrected chi connectivity index (χ0v) is 7.49. The fraction of sp³-hybridized carbons (Fsp3) is 0.500. The average molecular weight is 183 g/mol. The lowest BCUT2D eigenvalue weighted by atomic mass is 10.2. The molecule has 0 aliphatic rings. The Labute approximate surface area is 77.1 Å². The van der Waals surface area contributed by atoms with Crippen LogP contribution in [0.5, 0.6) is 0 Å². The summed E-state index contributed by atoms with van der Waals surface area (Å²) >= 11 is 0. The van der Waals surface area contributed by atoms with Crippen molar-refractivity contribution in [3.63, 3.8) is 0 Å². The number of rotatable bonds is 4. The minimum atomic E-state index is -0.893. The second-order valence-electron chi connectivity index (χ2n) is 2.68. The van der Waals surface area contributed by atoms with E-state index in [0.29, 0.717) is 0 Å². The van der Waals surface area contributed by atoms with E-state index in [4.69, 9.17) is 17.9 Å². The van der Waals surface area contributed by atoms with Crippen molar-refractivity contribution in [3.05, 3.63) is 0 Å². The fourth-order valence-electron chi connectivity index (χ4n) is 0.802. The summed E-state index contributed by atoms with van der Waals surface area (Å²) in [6.07, 6.45) is 4.83. The first kappa shape index (κ1) is 11.5. The van der Waals surface area contributed by atoms with Crippen molar-refractivity contribution < 1.29 is 9.59 Å². The summed E-state index contributed by atoms with van der Waals surface area (Å²) in [6, 6.07) is -0.893. The van der Waals surface area contributed by atoms with Gasteiger partial charge in [0.1, 0.15) is 0 Å². The van der Waals surface area contributed by atoms with Gasteiger partial charge < -0.3 is 16.4 Å². The average Bonchev–Trinajstić information content (AvgIpc) is 2.02. The molecule has 5 nitrogen and oxygen atoms in total. The zero-order chi connectivity index (χ0) is 10.4. The Morgan fingerprint density at radius 3 is 2.54 bits per heavy atom. The summed E-state index contributed by atoms with van der Waals surface area (Å²) in [5.74, 6) is 1.31. The van der Waals surface area contributed by atoms with Gasteiger partial charge >= 0.3 is 0 Å². The summed E-state index contributed by atoms with van der Waals surface area (Å²) in [7, 11) is 1.52. The van der Waals surface area contributed by atoms with E-state index in [0.717, 1.165) is 0 Å². The molecule has 0 aromatic rings. The Bertz CT molecular complexity index is 244. The van der Waals surface area contributed by atoms with Gasteiger partial charge in [0, 0.05) is 7.05 Å². The van der Waals surface area contributed by atoms with Crippen LogP contribution in [0, 0.1) is 12.3 Å². The number of carbonyl (C=O) groups is 2. The lowest BCUT2D eigenvalue weighted by Gasteiger charge is -2.17. The molecule has 5 heteroatoms. The van der Waals surface area contributed by atoms with Gasteiger partial charge in [-0.05, 0) is 0 Å². The highest BCUT2D eigenvalue weighted by Crippen LogP contribution is 1.93. The SMILES string of the molecule is C#CCN(C)C(=O)C(N)CC(N)=O. The van der Waals surface area contributed by atoms with E-state index in [2.05, 4.69) is 5.92 Å². The van der Waals surface area contributed by atoms with Gasteiger partial charge in [-0.15, -0.1) is 6.42 Å². The minimum Gasteiger partial charge on any atom is -0.370 e. The van der Waals surface area contributed by atoms with Gasteiger partial charge in [0.15, 0.2) is 0 Å². The third-order valence-corrected chi connectivity index (χ3v) is 1.44. The van der Waals surface area contributed by atoms with Crippen molar-refractivity contribution in [2.24, 2.45) is 11.5 Å². The van der Waals surface area contributed by atoms with Crippen LogP contribution in [0.4, 0.5) is 0 Å². The summed E-state index contributed by atoms with van der Waals surface area (Å²) in [5, 5.41) is 0. The molecule has 0 bridgehead atoms. The van der Waals surface area contributed by atoms with Gasteiger partial charge in [-0.2, -0.15) is 0 Å². The quantitative estimate of drug-likeness (QED) is 0.508. The molecule has 0 spiro atoms. The molecule has 4 N–H and O–H groups in total. The fourth-order valence-corrected chi connectivity index (χ4v) is 0.802. The van der Waals surface area contributed by atoms with Gasteiger partial charge in [-0.25, -0.2) is 0 Å². The standard InChI is InChI=1S/C8H13N3O2/c1-3-4-11(2)8(13)6(9)5-7(10)12/h1,6H,4-5,9H2,2H3,(H2,10,12). The molecule has 0 aliphatic heterocycles. The van der Waals surface area contributed by atoms with Crippen molar-refractivity contribution in [1.82, 2.24) is 4.90 Å². The van der Waals surface area contributed by atoms with Gasteiger partial charge in [-0.1, -0.05) is 5.92 Å². The number of carbonyl (C=O) groups excluding carboxylic acids is 2. The third kappa shape index (κ3) is 4.13. The number of amides is 2. The molecule has 0 aromatic carbocycles. The van der Waals surface area contributed by atoms with E-state index >= 15 is 0 Å². The zero-order valence-electron chi connectivity index (χ0n) is 7.49. The monoisotopic (exact) mass is 183 g/mol. The van der Waals surface area contributed by atoms with Crippen LogP contribution in [-0.4, -0.2) is 36.3 Å². The third-order valence-electron chi connectivity index (χ3n) is 1.44. The molecule has 72 valence electrons. The molecule has 0 aromatic heterocycles. The summed E-state index contributed by atoms with van der Waals surface area (Å²) < 4.78 is 0. The van der Waals surface area contributed by atoms with Crippen LogP contribution in [0.2, 0.25) is 0 Å². The highest BCUT2D eigenvalue weighted by Gasteiger charge is 2.18. The van der Waals surface area contributed by atoms with Crippen LogP contribution < -0.4 is 11.5 Å². The Hall–Kier alpha value is -1.54. The van der Waals surface area contributed by atoms with Crippen molar-refractivity contribution in [2.75, 3.05) is 13.6 Å². The summed E-state index contributed by atoms with van der Waals surface area (Å²) in [5.41, 5.74) is 10.3. The van der Waals surface area contributed by atoms with Crippen LogP contribution >= 0.6 is 0 Å². The first-order valence-corrected chi connectivity index (χ1v) is 3.71. The number of likely N-dealkylation sites (N-methyl/N-ethyl adjacent to an activating group) is 1. The molecule has 0 saturated carbocycles. The number of nitrogens with zero attached hydrogens (tertiary/aromatic N) is 1. The van der Waals surface area contributed by atoms with E-state index in [1.165, 1.54) is 11.9 Å². The maximum Gasteiger partial charge on any atom is 0.240 e. The molecule has 0 rings (SSSR count). The Morgan fingerprint density at radius 2 is 2.15 bits per heavy atom. The van der Waals surface area contributed by atoms with Crippen LogP contribution in [-0.2, 0) is 9.59 Å². The van der Waals surface area contributed by atoms with Crippen molar-refractivity contribution >= 4 is 11.8 Å². The lowest BCUT2D eigenvalue weighted by Crippen LogP contribution is -2.43. The molecular weight excluding hydrogens is 170 g/mol. The normalized spacial score (nSPS) is 11.5. The first-order chi connectivity index (χ1) is 5.99. The minimum absolute atomic E-state index is 0.159. The molecule has 0 radical (unpaired) electrons. The molecule has 1 unspecified atom stereocenters. The lowest BCUT2D eigenvalue weighted by molar-refractivity contribution is -0.132. The van der Waals surface area contributed by atoms with Crippen LogP contribution in [0.15, 0.2) is 0 Å². The van der Waals surface area contributed by atoms with Crippen LogP contribution in [0.1, 0.15) is 6.42 Å². The highest BCUT2D eigenvalue weighted by atomic mass is 16.2. The van der Waals surface area contributed by atoms with Crippen LogP contribution in [0.3, 0.4) is 0 Å².